The molecule has 1 amide bonds. The number of fused-ring (bicyclic) bond motifs is 1. The number of nitrogens with zero attached hydrogens (tertiary/aromatic N) is 3. The second kappa shape index (κ2) is 8.31. The van der Waals surface area contributed by atoms with E-state index in [-0.39, 0.29) is 11.7 Å². The maximum absolute atomic E-state index is 12.3. The van der Waals surface area contributed by atoms with E-state index in [1.165, 1.54) is 11.8 Å². The van der Waals surface area contributed by atoms with Crippen molar-refractivity contribution >= 4 is 45.9 Å². The van der Waals surface area contributed by atoms with Gasteiger partial charge in [0.15, 0.2) is 10.9 Å². The maximum atomic E-state index is 12.3. The molecular weight excluding hydrogens is 408 g/mol. The molecule has 0 aliphatic carbocycles. The van der Waals surface area contributed by atoms with Crippen molar-refractivity contribution in [2.45, 2.75) is 25.5 Å². The van der Waals surface area contributed by atoms with Crippen molar-refractivity contribution < 1.29 is 9.21 Å². The molecule has 0 aliphatic rings. The fourth-order valence-corrected chi connectivity index (χ4v) is 3.93. The second-order valence-electron chi connectivity index (χ2n) is 6.55. The van der Waals surface area contributed by atoms with Gasteiger partial charge in [-0.05, 0) is 50.2 Å². The zero-order valence-corrected chi connectivity index (χ0v) is 17.5. The molecule has 29 heavy (non-hydrogen) atoms. The van der Waals surface area contributed by atoms with Crippen LogP contribution >= 0.6 is 23.4 Å². The molecule has 0 saturated heterocycles. The number of anilines is 1. The fourth-order valence-electron chi connectivity index (χ4n) is 2.95. The lowest BCUT2D eigenvalue weighted by atomic mass is 10.2. The van der Waals surface area contributed by atoms with Crippen molar-refractivity contribution in [3.05, 3.63) is 59.1 Å². The standard InChI is InChI=1S/C21H19ClN4O2S/c1-3-26-20(18-11-14-10-15(22)6-9-17(14)28-18)24-25-21(26)29-12-19(27)23-16-7-4-13(2)5-8-16/h4-11H,3,12H2,1-2H3,(H,23,27). The minimum atomic E-state index is -0.0931. The van der Waals surface area contributed by atoms with Crippen LogP contribution in [0, 0.1) is 6.92 Å². The third-order valence-corrected chi connectivity index (χ3v) is 5.60. The molecule has 0 bridgehead atoms. The fraction of sp³-hybridized carbons (Fsp3) is 0.190. The SMILES string of the molecule is CCn1c(SCC(=O)Nc2ccc(C)cc2)nnc1-c1cc2cc(Cl)ccc2o1. The molecule has 1 N–H and O–H groups in total. The molecular formula is C21H19ClN4O2S. The lowest BCUT2D eigenvalue weighted by Gasteiger charge is -2.07. The number of thioether (sulfide) groups is 1. The van der Waals surface area contributed by atoms with E-state index in [1.54, 1.807) is 6.07 Å². The first-order chi connectivity index (χ1) is 14.0. The van der Waals surface area contributed by atoms with E-state index in [4.69, 9.17) is 16.0 Å². The van der Waals surface area contributed by atoms with Crippen molar-refractivity contribution in [2.24, 2.45) is 0 Å². The van der Waals surface area contributed by atoms with E-state index in [2.05, 4.69) is 15.5 Å². The highest BCUT2D eigenvalue weighted by atomic mass is 35.5. The number of hydrogen-bond donors (Lipinski definition) is 1. The van der Waals surface area contributed by atoms with Gasteiger partial charge in [-0.3, -0.25) is 9.36 Å². The van der Waals surface area contributed by atoms with Gasteiger partial charge in [-0.2, -0.15) is 0 Å². The maximum Gasteiger partial charge on any atom is 0.234 e. The highest BCUT2D eigenvalue weighted by Crippen LogP contribution is 2.30. The van der Waals surface area contributed by atoms with Crippen LogP contribution in [-0.4, -0.2) is 26.4 Å². The molecule has 2 aromatic heterocycles. The first-order valence-corrected chi connectivity index (χ1v) is 10.5. The first kappa shape index (κ1) is 19.5. The minimum Gasteiger partial charge on any atom is -0.453 e. The van der Waals surface area contributed by atoms with Crippen molar-refractivity contribution in [1.29, 1.82) is 0 Å². The van der Waals surface area contributed by atoms with Gasteiger partial charge in [0.1, 0.15) is 5.58 Å². The molecule has 148 valence electrons. The number of benzene rings is 2. The molecule has 0 fully saturated rings. The van der Waals surface area contributed by atoms with Crippen LogP contribution in [0.4, 0.5) is 5.69 Å². The number of rotatable bonds is 6. The van der Waals surface area contributed by atoms with Gasteiger partial charge in [0.05, 0.1) is 5.75 Å². The zero-order chi connectivity index (χ0) is 20.4. The molecule has 0 aliphatic heterocycles. The molecule has 4 aromatic rings. The molecule has 0 saturated carbocycles. The van der Waals surface area contributed by atoms with Gasteiger partial charge in [-0.25, -0.2) is 0 Å². The number of aromatic nitrogens is 3. The van der Waals surface area contributed by atoms with E-state index in [1.807, 2.05) is 60.9 Å². The number of furan rings is 1. The number of carbonyl (C=O) groups excluding carboxylic acids is 1. The monoisotopic (exact) mass is 426 g/mol. The Bertz CT molecular complexity index is 1170. The Morgan fingerprint density at radius 3 is 2.72 bits per heavy atom. The van der Waals surface area contributed by atoms with Crippen LogP contribution in [0.25, 0.3) is 22.6 Å². The molecule has 2 heterocycles. The Hall–Kier alpha value is -2.77. The van der Waals surface area contributed by atoms with Crippen molar-refractivity contribution in [1.82, 2.24) is 14.8 Å². The number of hydrogen-bond acceptors (Lipinski definition) is 5. The van der Waals surface area contributed by atoms with Crippen molar-refractivity contribution in [3.8, 4) is 11.6 Å². The molecule has 2 aromatic carbocycles. The minimum absolute atomic E-state index is 0.0931. The Morgan fingerprint density at radius 2 is 1.97 bits per heavy atom. The number of amides is 1. The zero-order valence-electron chi connectivity index (χ0n) is 16.0. The Morgan fingerprint density at radius 1 is 1.17 bits per heavy atom. The number of halogens is 1. The quantitative estimate of drug-likeness (QED) is 0.417. The summed E-state index contributed by atoms with van der Waals surface area (Å²) in [5.74, 6) is 1.39. The summed E-state index contributed by atoms with van der Waals surface area (Å²) in [7, 11) is 0. The summed E-state index contributed by atoms with van der Waals surface area (Å²) >= 11 is 7.40. The van der Waals surface area contributed by atoms with Crippen LogP contribution < -0.4 is 5.32 Å². The highest BCUT2D eigenvalue weighted by Gasteiger charge is 2.18. The van der Waals surface area contributed by atoms with Gasteiger partial charge >= 0.3 is 0 Å². The normalized spacial score (nSPS) is 11.1. The van der Waals surface area contributed by atoms with Crippen molar-refractivity contribution in [3.63, 3.8) is 0 Å². The van der Waals surface area contributed by atoms with Gasteiger partial charge in [-0.1, -0.05) is 41.1 Å². The summed E-state index contributed by atoms with van der Waals surface area (Å²) in [6, 6.07) is 15.1. The molecule has 0 unspecified atom stereocenters. The summed E-state index contributed by atoms with van der Waals surface area (Å²) in [5, 5.41) is 13.6. The van der Waals surface area contributed by atoms with E-state index in [0.29, 0.717) is 28.3 Å². The highest BCUT2D eigenvalue weighted by molar-refractivity contribution is 7.99. The largest absolute Gasteiger partial charge is 0.453 e. The van der Waals surface area contributed by atoms with Gasteiger partial charge < -0.3 is 9.73 Å². The lowest BCUT2D eigenvalue weighted by molar-refractivity contribution is -0.113. The molecule has 0 spiro atoms. The van der Waals surface area contributed by atoms with Crippen LogP contribution in [0.15, 0.2) is 58.1 Å². The molecule has 0 radical (unpaired) electrons. The van der Waals surface area contributed by atoms with E-state index >= 15 is 0 Å². The van der Waals surface area contributed by atoms with Crippen LogP contribution in [-0.2, 0) is 11.3 Å². The average Bonchev–Trinajstić information content (AvgIpc) is 3.31. The number of carbonyl (C=O) groups is 1. The Kier molecular flexibility index (Phi) is 5.60. The summed E-state index contributed by atoms with van der Waals surface area (Å²) < 4.78 is 7.84. The van der Waals surface area contributed by atoms with Crippen LogP contribution in [0.1, 0.15) is 12.5 Å². The first-order valence-electron chi connectivity index (χ1n) is 9.15. The Balaban J connectivity index is 1.49. The summed E-state index contributed by atoms with van der Waals surface area (Å²) in [6.07, 6.45) is 0. The third-order valence-electron chi connectivity index (χ3n) is 4.40. The lowest BCUT2D eigenvalue weighted by Crippen LogP contribution is -2.14. The molecule has 6 nitrogen and oxygen atoms in total. The summed E-state index contributed by atoms with van der Waals surface area (Å²) in [4.78, 5) is 12.3. The van der Waals surface area contributed by atoms with Gasteiger partial charge in [0, 0.05) is 22.6 Å². The van der Waals surface area contributed by atoms with Gasteiger partial charge in [0.2, 0.25) is 11.7 Å². The predicted molar refractivity (Wildman–Crippen MR) is 116 cm³/mol. The summed E-state index contributed by atoms with van der Waals surface area (Å²) in [5.41, 5.74) is 2.66. The van der Waals surface area contributed by atoms with Crippen molar-refractivity contribution in [2.75, 3.05) is 11.1 Å². The molecule has 0 atom stereocenters. The van der Waals surface area contributed by atoms with Gasteiger partial charge in [0.25, 0.3) is 0 Å². The summed E-state index contributed by atoms with van der Waals surface area (Å²) in [6.45, 7) is 4.66. The Labute approximate surface area is 177 Å². The van der Waals surface area contributed by atoms with Crippen LogP contribution in [0.5, 0.6) is 0 Å². The number of nitrogens with one attached hydrogen (secondary N) is 1. The number of aryl methyl sites for hydroxylation is 1. The second-order valence-corrected chi connectivity index (χ2v) is 7.93. The van der Waals surface area contributed by atoms with E-state index < -0.39 is 0 Å². The van der Waals surface area contributed by atoms with Gasteiger partial charge in [-0.15, -0.1) is 10.2 Å². The van der Waals surface area contributed by atoms with Crippen LogP contribution in [0.2, 0.25) is 5.02 Å². The third kappa shape index (κ3) is 4.31. The molecule has 4 rings (SSSR count). The predicted octanol–water partition coefficient (Wildman–Crippen LogP) is 5.40. The smallest absolute Gasteiger partial charge is 0.234 e. The van der Waals surface area contributed by atoms with E-state index in [9.17, 15) is 4.79 Å². The van der Waals surface area contributed by atoms with E-state index in [0.717, 1.165) is 22.2 Å². The van der Waals surface area contributed by atoms with Crippen LogP contribution in [0.3, 0.4) is 0 Å². The topological polar surface area (TPSA) is 73.0 Å². The average molecular weight is 427 g/mol. The molecule has 8 heteroatoms.